The highest BCUT2D eigenvalue weighted by molar-refractivity contribution is 5.70. The molecule has 0 aliphatic heterocycles. The van der Waals surface area contributed by atoms with Gasteiger partial charge in [0.15, 0.2) is 0 Å². The molecule has 0 saturated carbocycles. The van der Waals surface area contributed by atoms with Crippen molar-refractivity contribution >= 4 is 5.97 Å². The van der Waals surface area contributed by atoms with Gasteiger partial charge in [0.05, 0.1) is 6.42 Å². The predicted octanol–water partition coefficient (Wildman–Crippen LogP) is 2.35. The maximum atomic E-state index is 10.3. The highest BCUT2D eigenvalue weighted by Gasteiger charge is 2.01. The molecule has 0 spiro atoms. The minimum Gasteiger partial charge on any atom is -0.508 e. The third kappa shape index (κ3) is 3.94. The molecule has 0 aliphatic carbocycles. The number of phenols is 1. The second-order valence-corrected chi connectivity index (χ2v) is 2.69. The molecule has 0 aliphatic rings. The number of carboxylic acid groups (broad SMARTS) is 1. The molecule has 2 N–H and O–H groups in total. The van der Waals surface area contributed by atoms with E-state index in [4.69, 9.17) is 10.2 Å². The molecule has 0 unspecified atom stereocenters. The lowest BCUT2D eigenvalue weighted by Gasteiger charge is -2.00. The average Bonchev–Trinajstić information content (AvgIpc) is 2.14. The van der Waals surface area contributed by atoms with Crippen molar-refractivity contribution in [2.45, 2.75) is 27.2 Å². The molecule has 78 valence electrons. The minimum absolute atomic E-state index is 0.00111. The summed E-state index contributed by atoms with van der Waals surface area (Å²) in [6.07, 6.45) is 0.00111. The van der Waals surface area contributed by atoms with E-state index in [0.717, 1.165) is 0 Å². The van der Waals surface area contributed by atoms with Gasteiger partial charge >= 0.3 is 5.97 Å². The Kier molecular flexibility index (Phi) is 5.37. The molecule has 0 atom stereocenters. The monoisotopic (exact) mass is 196 g/mol. The van der Waals surface area contributed by atoms with E-state index < -0.39 is 5.97 Å². The maximum absolute atomic E-state index is 10.3. The normalized spacial score (nSPS) is 8.79. The summed E-state index contributed by atoms with van der Waals surface area (Å²) >= 11 is 0. The van der Waals surface area contributed by atoms with Crippen LogP contribution in [-0.4, -0.2) is 16.2 Å². The third-order valence-electron chi connectivity index (χ3n) is 1.62. The molecule has 0 aromatic heterocycles. The zero-order valence-electron chi connectivity index (χ0n) is 8.74. The number of aryl methyl sites for hydroxylation is 1. The number of carbonyl (C=O) groups is 1. The van der Waals surface area contributed by atoms with Gasteiger partial charge in [-0.1, -0.05) is 26.0 Å². The van der Waals surface area contributed by atoms with Crippen LogP contribution in [0.15, 0.2) is 18.2 Å². The highest BCUT2D eigenvalue weighted by atomic mass is 16.4. The molecule has 0 amide bonds. The molecule has 3 heteroatoms. The van der Waals surface area contributed by atoms with Gasteiger partial charge in [-0.15, -0.1) is 0 Å². The molecule has 0 bridgehead atoms. The number of hydrogen-bond acceptors (Lipinski definition) is 2. The van der Waals surface area contributed by atoms with E-state index in [1.807, 2.05) is 13.8 Å². The van der Waals surface area contributed by atoms with Crippen molar-refractivity contribution in [2.75, 3.05) is 0 Å². The number of hydrogen-bond donors (Lipinski definition) is 2. The Morgan fingerprint density at radius 2 is 1.93 bits per heavy atom. The molecule has 0 fully saturated rings. The van der Waals surface area contributed by atoms with E-state index in [9.17, 15) is 4.79 Å². The van der Waals surface area contributed by atoms with Gasteiger partial charge in [0, 0.05) is 0 Å². The number of aromatic hydroxyl groups is 1. The van der Waals surface area contributed by atoms with Crippen molar-refractivity contribution in [3.63, 3.8) is 0 Å². The van der Waals surface area contributed by atoms with Crippen molar-refractivity contribution in [2.24, 2.45) is 0 Å². The van der Waals surface area contributed by atoms with Gasteiger partial charge < -0.3 is 10.2 Å². The fourth-order valence-corrected chi connectivity index (χ4v) is 1.00. The van der Waals surface area contributed by atoms with Gasteiger partial charge in [0.1, 0.15) is 5.75 Å². The largest absolute Gasteiger partial charge is 0.508 e. The second kappa shape index (κ2) is 6.02. The van der Waals surface area contributed by atoms with Gasteiger partial charge in [0.2, 0.25) is 0 Å². The average molecular weight is 196 g/mol. The summed E-state index contributed by atoms with van der Waals surface area (Å²) in [5.74, 6) is -0.663. The molecular weight excluding hydrogens is 180 g/mol. The standard InChI is InChI=1S/C9H10O3.C2H6/c1-6-4-7(5-9(11)12)2-3-8(6)10;1-2/h2-4,10H,5H2,1H3,(H,11,12);1-2H3. The SMILES string of the molecule is CC.Cc1cc(CC(=O)O)ccc1O. The summed E-state index contributed by atoms with van der Waals surface area (Å²) in [5, 5.41) is 17.6. The minimum atomic E-state index is -0.861. The number of benzene rings is 1. The van der Waals surface area contributed by atoms with E-state index in [0.29, 0.717) is 11.1 Å². The van der Waals surface area contributed by atoms with Crippen molar-refractivity contribution in [1.82, 2.24) is 0 Å². The second-order valence-electron chi connectivity index (χ2n) is 2.69. The van der Waals surface area contributed by atoms with Crippen LogP contribution in [0, 0.1) is 6.92 Å². The topological polar surface area (TPSA) is 57.5 Å². The first-order valence-electron chi connectivity index (χ1n) is 4.60. The van der Waals surface area contributed by atoms with E-state index in [-0.39, 0.29) is 12.2 Å². The molecule has 14 heavy (non-hydrogen) atoms. The summed E-state index contributed by atoms with van der Waals surface area (Å²) < 4.78 is 0. The molecule has 3 nitrogen and oxygen atoms in total. The van der Waals surface area contributed by atoms with Crippen LogP contribution in [0.25, 0.3) is 0 Å². The van der Waals surface area contributed by atoms with Crippen molar-refractivity contribution < 1.29 is 15.0 Å². The van der Waals surface area contributed by atoms with Gasteiger partial charge in [-0.05, 0) is 24.1 Å². The molecule has 1 rings (SSSR count). The van der Waals surface area contributed by atoms with Gasteiger partial charge in [-0.25, -0.2) is 0 Å². The fraction of sp³-hybridized carbons (Fsp3) is 0.364. The van der Waals surface area contributed by atoms with Crippen LogP contribution in [-0.2, 0) is 11.2 Å². The van der Waals surface area contributed by atoms with Gasteiger partial charge in [-0.2, -0.15) is 0 Å². The van der Waals surface area contributed by atoms with Crippen molar-refractivity contribution in [3.8, 4) is 5.75 Å². The maximum Gasteiger partial charge on any atom is 0.307 e. The smallest absolute Gasteiger partial charge is 0.307 e. The van der Waals surface area contributed by atoms with Crippen LogP contribution >= 0.6 is 0 Å². The van der Waals surface area contributed by atoms with E-state index in [2.05, 4.69) is 0 Å². The Morgan fingerprint density at radius 1 is 1.36 bits per heavy atom. The number of phenolic OH excluding ortho intramolecular Hbond substituents is 1. The van der Waals surface area contributed by atoms with E-state index in [1.165, 1.54) is 6.07 Å². The molecule has 0 heterocycles. The predicted molar refractivity (Wildman–Crippen MR) is 55.5 cm³/mol. The Balaban J connectivity index is 0.000000791. The summed E-state index contributed by atoms with van der Waals surface area (Å²) in [5.41, 5.74) is 1.41. The zero-order valence-corrected chi connectivity index (χ0v) is 8.74. The van der Waals surface area contributed by atoms with Crippen LogP contribution in [0.3, 0.4) is 0 Å². The summed E-state index contributed by atoms with van der Waals surface area (Å²) in [4.78, 5) is 10.3. The number of rotatable bonds is 2. The molecule has 0 radical (unpaired) electrons. The van der Waals surface area contributed by atoms with E-state index >= 15 is 0 Å². The molecule has 1 aromatic rings. The van der Waals surface area contributed by atoms with Crippen LogP contribution in [0.4, 0.5) is 0 Å². The van der Waals surface area contributed by atoms with E-state index in [1.54, 1.807) is 19.1 Å². The number of carboxylic acids is 1. The van der Waals surface area contributed by atoms with Crippen molar-refractivity contribution in [1.29, 1.82) is 0 Å². The molecular formula is C11H16O3. The zero-order chi connectivity index (χ0) is 11.1. The third-order valence-corrected chi connectivity index (χ3v) is 1.62. The van der Waals surface area contributed by atoms with Gasteiger partial charge in [-0.3, -0.25) is 4.79 Å². The first kappa shape index (κ1) is 12.5. The van der Waals surface area contributed by atoms with Gasteiger partial charge in [0.25, 0.3) is 0 Å². The van der Waals surface area contributed by atoms with Crippen LogP contribution in [0.5, 0.6) is 5.75 Å². The Morgan fingerprint density at radius 3 is 2.36 bits per heavy atom. The van der Waals surface area contributed by atoms with Crippen LogP contribution in [0.1, 0.15) is 25.0 Å². The van der Waals surface area contributed by atoms with Crippen LogP contribution in [0.2, 0.25) is 0 Å². The molecule has 1 aromatic carbocycles. The van der Waals surface area contributed by atoms with Crippen molar-refractivity contribution in [3.05, 3.63) is 29.3 Å². The fourth-order valence-electron chi connectivity index (χ4n) is 1.00. The molecule has 0 saturated heterocycles. The Bertz CT molecular complexity index is 305. The Labute approximate surface area is 84.0 Å². The first-order valence-corrected chi connectivity index (χ1v) is 4.60. The lowest BCUT2D eigenvalue weighted by atomic mass is 10.1. The summed E-state index contributed by atoms with van der Waals surface area (Å²) in [7, 11) is 0. The number of aliphatic carboxylic acids is 1. The highest BCUT2D eigenvalue weighted by Crippen LogP contribution is 2.16. The summed E-state index contributed by atoms with van der Waals surface area (Å²) in [6, 6.07) is 4.79. The Hall–Kier alpha value is -1.51. The lowest BCUT2D eigenvalue weighted by molar-refractivity contribution is -0.136. The lowest BCUT2D eigenvalue weighted by Crippen LogP contribution is -1.99. The quantitative estimate of drug-likeness (QED) is 0.763. The first-order chi connectivity index (χ1) is 6.59. The van der Waals surface area contributed by atoms with Crippen LogP contribution < -0.4 is 0 Å². The summed E-state index contributed by atoms with van der Waals surface area (Å²) in [6.45, 7) is 5.74.